The minimum absolute atomic E-state index is 0.0894. The first kappa shape index (κ1) is 22.0. The van der Waals surface area contributed by atoms with E-state index < -0.39 is 18.1 Å². The summed E-state index contributed by atoms with van der Waals surface area (Å²) >= 11 is 0. The summed E-state index contributed by atoms with van der Waals surface area (Å²) in [4.78, 5) is 21.7. The minimum Gasteiger partial charge on any atom is -0.494 e. The Labute approximate surface area is 150 Å². The first-order valence-electron chi connectivity index (χ1n) is 8.57. The van der Waals surface area contributed by atoms with Crippen molar-refractivity contribution in [1.29, 1.82) is 0 Å². The van der Waals surface area contributed by atoms with E-state index in [0.29, 0.717) is 13.2 Å². The van der Waals surface area contributed by atoms with Crippen LogP contribution in [0.3, 0.4) is 0 Å². The van der Waals surface area contributed by atoms with Crippen molar-refractivity contribution in [1.82, 2.24) is 5.32 Å². The van der Waals surface area contributed by atoms with E-state index in [9.17, 15) is 22.8 Å². The van der Waals surface area contributed by atoms with Crippen LogP contribution in [0.1, 0.15) is 44.6 Å². The molecule has 0 aliphatic carbocycles. The number of carbonyl (C=O) groups is 2. The highest BCUT2D eigenvalue weighted by atomic mass is 19.4. The lowest BCUT2D eigenvalue weighted by Crippen LogP contribution is -2.29. The van der Waals surface area contributed by atoms with Crippen molar-refractivity contribution in [3.8, 4) is 5.75 Å². The van der Waals surface area contributed by atoms with Crippen LogP contribution in [0.2, 0.25) is 0 Å². The average molecular weight is 375 g/mol. The third-order valence-corrected chi connectivity index (χ3v) is 3.44. The van der Waals surface area contributed by atoms with Crippen molar-refractivity contribution in [2.45, 2.75) is 51.7 Å². The van der Waals surface area contributed by atoms with E-state index in [4.69, 9.17) is 4.74 Å². The van der Waals surface area contributed by atoms with Crippen LogP contribution >= 0.6 is 0 Å². The Morgan fingerprint density at radius 2 is 1.92 bits per heavy atom. The van der Waals surface area contributed by atoms with Gasteiger partial charge < -0.3 is 14.8 Å². The zero-order valence-corrected chi connectivity index (χ0v) is 14.7. The van der Waals surface area contributed by atoms with Gasteiger partial charge in [0.2, 0.25) is 0 Å². The van der Waals surface area contributed by atoms with Crippen LogP contribution in [0.15, 0.2) is 24.3 Å². The highest BCUT2D eigenvalue weighted by Gasteiger charge is 2.42. The van der Waals surface area contributed by atoms with Crippen molar-refractivity contribution in [3.63, 3.8) is 0 Å². The van der Waals surface area contributed by atoms with E-state index in [0.717, 1.165) is 24.2 Å². The number of halogens is 3. The van der Waals surface area contributed by atoms with Crippen LogP contribution in [0.25, 0.3) is 0 Å². The highest BCUT2D eigenvalue weighted by Crippen LogP contribution is 2.17. The van der Waals surface area contributed by atoms with Gasteiger partial charge in [-0.25, -0.2) is 4.79 Å². The van der Waals surface area contributed by atoms with Gasteiger partial charge >= 0.3 is 18.1 Å². The maximum absolute atomic E-state index is 12.0. The summed E-state index contributed by atoms with van der Waals surface area (Å²) in [5.74, 6) is -2.97. The van der Waals surface area contributed by atoms with Crippen molar-refractivity contribution >= 4 is 11.9 Å². The van der Waals surface area contributed by atoms with Crippen LogP contribution in [0.5, 0.6) is 5.75 Å². The molecule has 0 bridgehead atoms. The number of hydrogen-bond donors (Lipinski definition) is 1. The predicted octanol–water partition coefficient (Wildman–Crippen LogP) is 3.76. The average Bonchev–Trinajstić information content (AvgIpc) is 2.58. The molecule has 1 aromatic rings. The zero-order valence-electron chi connectivity index (χ0n) is 14.7. The fourth-order valence-electron chi connectivity index (χ4n) is 2.10. The number of rotatable bonds is 11. The summed E-state index contributed by atoms with van der Waals surface area (Å²) < 4.78 is 45.2. The molecule has 0 aromatic heterocycles. The van der Waals surface area contributed by atoms with Crippen LogP contribution in [-0.4, -0.2) is 31.3 Å². The fraction of sp³-hybridized carbons (Fsp3) is 0.556. The molecule has 0 unspecified atom stereocenters. The quantitative estimate of drug-likeness (QED) is 0.362. The van der Waals surface area contributed by atoms with Crippen molar-refractivity contribution < 1.29 is 32.2 Å². The Kier molecular flexibility index (Phi) is 9.72. The van der Waals surface area contributed by atoms with Gasteiger partial charge in [-0.1, -0.05) is 38.3 Å². The predicted molar refractivity (Wildman–Crippen MR) is 89.6 cm³/mol. The molecule has 146 valence electrons. The molecule has 26 heavy (non-hydrogen) atoms. The maximum atomic E-state index is 12.0. The molecular formula is C18H24F3NO4. The molecule has 0 aliphatic heterocycles. The Bertz CT molecular complexity index is 576. The second-order valence-corrected chi connectivity index (χ2v) is 5.74. The van der Waals surface area contributed by atoms with Gasteiger partial charge in [0.05, 0.1) is 13.0 Å². The molecule has 1 rings (SSSR count). The maximum Gasteiger partial charge on any atom is 0.491 e. The standard InChI is InChI=1S/C18H24F3NO4/c1-2-3-4-5-11-25-15-8-6-7-14(12-15)13-22-10-9-16(23)26-17(24)18(19,20)21/h6-8,12,22H,2-5,9-11,13H2,1H3. The Morgan fingerprint density at radius 1 is 1.15 bits per heavy atom. The molecule has 0 heterocycles. The number of esters is 2. The minimum atomic E-state index is -5.17. The molecule has 0 aliphatic rings. The summed E-state index contributed by atoms with van der Waals surface area (Å²) in [5.41, 5.74) is 0.913. The Morgan fingerprint density at radius 3 is 2.62 bits per heavy atom. The summed E-state index contributed by atoms with van der Waals surface area (Å²) in [5, 5.41) is 2.91. The molecule has 1 aromatic carbocycles. The van der Waals surface area contributed by atoms with E-state index in [1.54, 1.807) is 0 Å². The van der Waals surface area contributed by atoms with Crippen molar-refractivity contribution in [3.05, 3.63) is 29.8 Å². The number of nitrogens with one attached hydrogen (secondary N) is 1. The lowest BCUT2D eigenvalue weighted by molar-refractivity contribution is -0.201. The van der Waals surface area contributed by atoms with Gasteiger partial charge in [-0.2, -0.15) is 13.2 Å². The SMILES string of the molecule is CCCCCCOc1cccc(CNCCC(=O)OC(=O)C(F)(F)F)c1. The van der Waals surface area contributed by atoms with E-state index in [2.05, 4.69) is 17.0 Å². The second kappa shape index (κ2) is 11.5. The van der Waals surface area contributed by atoms with E-state index >= 15 is 0 Å². The second-order valence-electron chi connectivity index (χ2n) is 5.74. The normalized spacial score (nSPS) is 11.2. The number of unbranched alkanes of at least 4 members (excludes halogenated alkanes) is 3. The van der Waals surface area contributed by atoms with Gasteiger partial charge in [0.15, 0.2) is 0 Å². The third-order valence-electron chi connectivity index (χ3n) is 3.44. The van der Waals surface area contributed by atoms with Gasteiger partial charge in [-0.05, 0) is 24.1 Å². The van der Waals surface area contributed by atoms with Gasteiger partial charge in [-0.15, -0.1) is 0 Å². The molecule has 1 N–H and O–H groups in total. The summed E-state index contributed by atoms with van der Waals surface area (Å²) in [7, 11) is 0. The largest absolute Gasteiger partial charge is 0.494 e. The number of alkyl halides is 3. The fourth-order valence-corrected chi connectivity index (χ4v) is 2.10. The van der Waals surface area contributed by atoms with Gasteiger partial charge in [-0.3, -0.25) is 4.79 Å². The van der Waals surface area contributed by atoms with Gasteiger partial charge in [0, 0.05) is 13.1 Å². The number of benzene rings is 1. The van der Waals surface area contributed by atoms with Gasteiger partial charge in [0.25, 0.3) is 0 Å². The molecule has 0 amide bonds. The Hall–Kier alpha value is -2.09. The van der Waals surface area contributed by atoms with Crippen LogP contribution < -0.4 is 10.1 Å². The first-order valence-corrected chi connectivity index (χ1v) is 8.57. The van der Waals surface area contributed by atoms with E-state index in [1.807, 2.05) is 24.3 Å². The zero-order chi connectivity index (χ0) is 19.4. The molecule has 0 radical (unpaired) electrons. The van der Waals surface area contributed by atoms with Crippen LogP contribution in [0.4, 0.5) is 13.2 Å². The molecule has 0 fully saturated rings. The molecule has 8 heteroatoms. The summed E-state index contributed by atoms with van der Waals surface area (Å²) in [6, 6.07) is 7.42. The van der Waals surface area contributed by atoms with Gasteiger partial charge in [0.1, 0.15) is 5.75 Å². The highest BCUT2D eigenvalue weighted by molar-refractivity contribution is 5.88. The van der Waals surface area contributed by atoms with Crippen molar-refractivity contribution in [2.75, 3.05) is 13.2 Å². The number of ether oxygens (including phenoxy) is 2. The van der Waals surface area contributed by atoms with E-state index in [1.165, 1.54) is 12.8 Å². The van der Waals surface area contributed by atoms with E-state index in [-0.39, 0.29) is 13.0 Å². The molecule has 0 atom stereocenters. The lowest BCUT2D eigenvalue weighted by atomic mass is 10.2. The molecule has 0 saturated heterocycles. The monoisotopic (exact) mass is 375 g/mol. The Balaban J connectivity index is 2.25. The molecular weight excluding hydrogens is 351 g/mol. The molecule has 0 saturated carbocycles. The number of hydrogen-bond acceptors (Lipinski definition) is 5. The first-order chi connectivity index (χ1) is 12.3. The smallest absolute Gasteiger partial charge is 0.491 e. The summed E-state index contributed by atoms with van der Waals surface area (Å²) in [6.45, 7) is 3.29. The molecule has 5 nitrogen and oxygen atoms in total. The third kappa shape index (κ3) is 9.41. The van der Waals surface area contributed by atoms with Crippen LogP contribution in [0, 0.1) is 0 Å². The number of carbonyl (C=O) groups excluding carboxylic acids is 2. The van der Waals surface area contributed by atoms with Crippen LogP contribution in [-0.2, 0) is 20.9 Å². The topological polar surface area (TPSA) is 64.6 Å². The van der Waals surface area contributed by atoms with Crippen molar-refractivity contribution in [2.24, 2.45) is 0 Å². The lowest BCUT2D eigenvalue weighted by Gasteiger charge is -2.09. The summed E-state index contributed by atoms with van der Waals surface area (Å²) in [6.07, 6.45) is -1.03. The molecule has 0 spiro atoms.